The fourth-order valence-electron chi connectivity index (χ4n) is 1.59. The van der Waals surface area contributed by atoms with E-state index >= 15 is 0 Å². The molecule has 0 atom stereocenters. The molecule has 8 heteroatoms. The van der Waals surface area contributed by atoms with Gasteiger partial charge in [-0.3, -0.25) is 0 Å². The van der Waals surface area contributed by atoms with Crippen molar-refractivity contribution in [1.82, 2.24) is 25.0 Å². The predicted octanol–water partition coefficient (Wildman–Crippen LogP) is 2.76. The van der Waals surface area contributed by atoms with Gasteiger partial charge in [0.2, 0.25) is 5.89 Å². The zero-order chi connectivity index (χ0) is 13.8. The van der Waals surface area contributed by atoms with Crippen LogP contribution in [-0.4, -0.2) is 25.0 Å². The SMILES string of the molecule is Brc1cccc(CSc2nnc(Cn3cncn3)o2)c1. The average Bonchev–Trinajstić information content (AvgIpc) is 3.09. The monoisotopic (exact) mass is 351 g/mol. The molecule has 0 amide bonds. The van der Waals surface area contributed by atoms with Crippen LogP contribution >= 0.6 is 27.7 Å². The lowest BCUT2D eigenvalue weighted by Crippen LogP contribution is -1.99. The lowest BCUT2D eigenvalue weighted by molar-refractivity contribution is 0.397. The van der Waals surface area contributed by atoms with Gasteiger partial charge in [-0.15, -0.1) is 10.2 Å². The van der Waals surface area contributed by atoms with Crippen LogP contribution in [0.25, 0.3) is 0 Å². The van der Waals surface area contributed by atoms with Crippen molar-refractivity contribution in [2.24, 2.45) is 0 Å². The Morgan fingerprint density at radius 2 is 2.25 bits per heavy atom. The van der Waals surface area contributed by atoms with E-state index in [0.717, 1.165) is 10.2 Å². The lowest BCUT2D eigenvalue weighted by Gasteiger charge is -1.98. The molecule has 3 rings (SSSR count). The normalized spacial score (nSPS) is 10.8. The number of hydrogen-bond acceptors (Lipinski definition) is 6. The first kappa shape index (κ1) is 13.3. The standard InChI is InChI=1S/C12H10BrN5OS/c13-10-3-1-2-9(4-10)6-20-12-17-16-11(19-12)5-18-8-14-7-15-18/h1-4,7-8H,5-6H2. The van der Waals surface area contributed by atoms with E-state index in [4.69, 9.17) is 4.42 Å². The van der Waals surface area contributed by atoms with Crippen molar-refractivity contribution < 1.29 is 4.42 Å². The van der Waals surface area contributed by atoms with Crippen molar-refractivity contribution >= 4 is 27.7 Å². The molecule has 0 N–H and O–H groups in total. The first-order chi connectivity index (χ1) is 9.79. The zero-order valence-corrected chi connectivity index (χ0v) is 12.7. The summed E-state index contributed by atoms with van der Waals surface area (Å²) in [4.78, 5) is 3.86. The number of nitrogens with zero attached hydrogens (tertiary/aromatic N) is 5. The Morgan fingerprint density at radius 3 is 3.05 bits per heavy atom. The number of benzene rings is 1. The van der Waals surface area contributed by atoms with Crippen molar-refractivity contribution in [2.75, 3.05) is 0 Å². The Hall–Kier alpha value is -1.67. The highest BCUT2D eigenvalue weighted by Crippen LogP contribution is 2.23. The Morgan fingerprint density at radius 1 is 1.30 bits per heavy atom. The van der Waals surface area contributed by atoms with Gasteiger partial charge in [-0.1, -0.05) is 39.8 Å². The maximum absolute atomic E-state index is 5.55. The van der Waals surface area contributed by atoms with Crippen molar-refractivity contribution in [2.45, 2.75) is 17.5 Å². The van der Waals surface area contributed by atoms with E-state index in [2.05, 4.69) is 48.3 Å². The van der Waals surface area contributed by atoms with E-state index in [-0.39, 0.29) is 0 Å². The largest absolute Gasteiger partial charge is 0.414 e. The van der Waals surface area contributed by atoms with Gasteiger partial charge < -0.3 is 4.42 Å². The number of aromatic nitrogens is 5. The summed E-state index contributed by atoms with van der Waals surface area (Å²) in [5.41, 5.74) is 1.19. The summed E-state index contributed by atoms with van der Waals surface area (Å²) in [5.74, 6) is 1.30. The van der Waals surface area contributed by atoms with Gasteiger partial charge in [0.25, 0.3) is 5.22 Å². The molecule has 2 aromatic heterocycles. The molecule has 3 aromatic rings. The van der Waals surface area contributed by atoms with Gasteiger partial charge in [-0.05, 0) is 17.7 Å². The molecular formula is C12H10BrN5OS. The van der Waals surface area contributed by atoms with Crippen LogP contribution in [-0.2, 0) is 12.3 Å². The number of rotatable bonds is 5. The minimum absolute atomic E-state index is 0.435. The second-order valence-corrected chi connectivity index (χ2v) is 5.82. The van der Waals surface area contributed by atoms with E-state index in [1.165, 1.54) is 23.7 Å². The van der Waals surface area contributed by atoms with Crippen LogP contribution in [0.1, 0.15) is 11.5 Å². The van der Waals surface area contributed by atoms with E-state index in [0.29, 0.717) is 17.7 Å². The molecular weight excluding hydrogens is 342 g/mol. The minimum atomic E-state index is 0.435. The van der Waals surface area contributed by atoms with Gasteiger partial charge in [0.1, 0.15) is 19.2 Å². The molecule has 6 nitrogen and oxygen atoms in total. The molecule has 20 heavy (non-hydrogen) atoms. The van der Waals surface area contributed by atoms with Gasteiger partial charge in [-0.2, -0.15) is 5.10 Å². The first-order valence-corrected chi connectivity index (χ1v) is 7.59. The molecule has 1 aromatic carbocycles. The lowest BCUT2D eigenvalue weighted by atomic mass is 10.2. The van der Waals surface area contributed by atoms with Crippen LogP contribution < -0.4 is 0 Å². The van der Waals surface area contributed by atoms with Crippen LogP contribution in [0.3, 0.4) is 0 Å². The van der Waals surface area contributed by atoms with Gasteiger partial charge in [0.15, 0.2) is 0 Å². The maximum Gasteiger partial charge on any atom is 0.276 e. The average molecular weight is 352 g/mol. The van der Waals surface area contributed by atoms with Gasteiger partial charge in [-0.25, -0.2) is 9.67 Å². The van der Waals surface area contributed by atoms with Gasteiger partial charge >= 0.3 is 0 Å². The summed E-state index contributed by atoms with van der Waals surface area (Å²) < 4.78 is 8.25. The second-order valence-electron chi connectivity index (χ2n) is 3.97. The third-order valence-corrected chi connectivity index (χ3v) is 3.85. The van der Waals surface area contributed by atoms with E-state index < -0.39 is 0 Å². The summed E-state index contributed by atoms with van der Waals surface area (Å²) in [7, 11) is 0. The molecule has 0 unspecified atom stereocenters. The molecule has 0 bridgehead atoms. The fraction of sp³-hybridized carbons (Fsp3) is 0.167. The maximum atomic E-state index is 5.55. The van der Waals surface area contributed by atoms with Crippen LogP contribution in [0, 0.1) is 0 Å². The molecule has 0 spiro atoms. The van der Waals surface area contributed by atoms with Crippen LogP contribution in [0.15, 0.2) is 51.0 Å². The highest BCUT2D eigenvalue weighted by molar-refractivity contribution is 9.10. The molecule has 2 heterocycles. The first-order valence-electron chi connectivity index (χ1n) is 5.81. The molecule has 0 fully saturated rings. The van der Waals surface area contributed by atoms with E-state index in [1.807, 2.05) is 12.1 Å². The third-order valence-electron chi connectivity index (χ3n) is 2.46. The highest BCUT2D eigenvalue weighted by Gasteiger charge is 2.08. The highest BCUT2D eigenvalue weighted by atomic mass is 79.9. The van der Waals surface area contributed by atoms with Crippen molar-refractivity contribution in [1.29, 1.82) is 0 Å². The summed E-state index contributed by atoms with van der Waals surface area (Å²) in [6.07, 6.45) is 3.08. The Bertz CT molecular complexity index is 685. The predicted molar refractivity (Wildman–Crippen MR) is 77.1 cm³/mol. The molecule has 0 aliphatic rings. The summed E-state index contributed by atoms with van der Waals surface area (Å²) in [6.45, 7) is 0.435. The summed E-state index contributed by atoms with van der Waals surface area (Å²) >= 11 is 4.96. The molecule has 0 aliphatic carbocycles. The molecule has 102 valence electrons. The number of hydrogen-bond donors (Lipinski definition) is 0. The molecule has 0 saturated heterocycles. The molecule has 0 radical (unpaired) electrons. The van der Waals surface area contributed by atoms with Crippen molar-refractivity contribution in [3.8, 4) is 0 Å². The van der Waals surface area contributed by atoms with Crippen LogP contribution in [0.4, 0.5) is 0 Å². The third kappa shape index (κ3) is 3.45. The van der Waals surface area contributed by atoms with Crippen LogP contribution in [0.5, 0.6) is 0 Å². The Labute approximate surface area is 127 Å². The van der Waals surface area contributed by atoms with Crippen molar-refractivity contribution in [3.63, 3.8) is 0 Å². The molecule has 0 aliphatic heterocycles. The quantitative estimate of drug-likeness (QED) is 0.658. The Balaban J connectivity index is 1.60. The summed E-state index contributed by atoms with van der Waals surface area (Å²) in [5, 5.41) is 12.5. The minimum Gasteiger partial charge on any atom is -0.414 e. The second kappa shape index (κ2) is 6.19. The van der Waals surface area contributed by atoms with Gasteiger partial charge in [0.05, 0.1) is 0 Å². The smallest absolute Gasteiger partial charge is 0.276 e. The van der Waals surface area contributed by atoms with Gasteiger partial charge in [0, 0.05) is 10.2 Å². The number of halogens is 1. The molecule has 0 saturated carbocycles. The van der Waals surface area contributed by atoms with Crippen LogP contribution in [0.2, 0.25) is 0 Å². The summed E-state index contributed by atoms with van der Waals surface area (Å²) in [6, 6.07) is 8.13. The van der Waals surface area contributed by atoms with E-state index in [1.54, 1.807) is 11.0 Å². The fourth-order valence-corrected chi connectivity index (χ4v) is 2.76. The Kier molecular flexibility index (Phi) is 4.12. The number of thioether (sulfide) groups is 1. The zero-order valence-electron chi connectivity index (χ0n) is 10.3. The van der Waals surface area contributed by atoms with E-state index in [9.17, 15) is 0 Å². The topological polar surface area (TPSA) is 69.6 Å². The van der Waals surface area contributed by atoms with Crippen molar-refractivity contribution in [3.05, 3.63) is 52.8 Å².